The largest absolute Gasteiger partial charge is 0.356 e. The predicted octanol–water partition coefficient (Wildman–Crippen LogP) is 3.50. The predicted molar refractivity (Wildman–Crippen MR) is 126 cm³/mol. The van der Waals surface area contributed by atoms with Crippen LogP contribution in [0.1, 0.15) is 97.3 Å². The standard InChI is InChI=1S/C24H44N4O4/c1-19(2)14-12-10-8-6-4-5-7-9-11-13-15-21(29)25-17-16-22(30)27-20-18-26-24(32)28(3)23(20)31/h19-20H,4-18H2,1-3H3,(H,25,29)(H,26,32)(H,27,30)/t20-/m1/s1. The van der Waals surface area contributed by atoms with E-state index in [0.29, 0.717) is 6.42 Å². The average Bonchev–Trinajstić information content (AvgIpc) is 2.74. The highest BCUT2D eigenvalue weighted by Gasteiger charge is 2.32. The van der Waals surface area contributed by atoms with Gasteiger partial charge in [-0.05, 0) is 12.3 Å². The molecule has 0 bridgehead atoms. The molecule has 1 saturated heterocycles. The van der Waals surface area contributed by atoms with Gasteiger partial charge in [0.2, 0.25) is 11.8 Å². The third kappa shape index (κ3) is 12.7. The molecule has 0 unspecified atom stereocenters. The van der Waals surface area contributed by atoms with Gasteiger partial charge >= 0.3 is 6.03 Å². The first kappa shape index (κ1) is 27.9. The van der Waals surface area contributed by atoms with Gasteiger partial charge in [-0.25, -0.2) is 4.79 Å². The van der Waals surface area contributed by atoms with E-state index in [4.69, 9.17) is 0 Å². The maximum atomic E-state index is 12.0. The highest BCUT2D eigenvalue weighted by Crippen LogP contribution is 2.13. The van der Waals surface area contributed by atoms with E-state index in [-0.39, 0.29) is 31.3 Å². The molecule has 1 aliphatic heterocycles. The Balaban J connectivity index is 1.93. The molecule has 1 fully saturated rings. The molecule has 5 amide bonds. The molecule has 0 aromatic rings. The number of rotatable bonds is 17. The fourth-order valence-corrected chi connectivity index (χ4v) is 3.76. The monoisotopic (exact) mass is 452 g/mol. The molecule has 0 saturated carbocycles. The number of nitrogens with zero attached hydrogens (tertiary/aromatic N) is 1. The van der Waals surface area contributed by atoms with Crippen LogP contribution >= 0.6 is 0 Å². The Morgan fingerprint density at radius 2 is 1.47 bits per heavy atom. The molecule has 1 aliphatic rings. The summed E-state index contributed by atoms with van der Waals surface area (Å²) in [7, 11) is 1.37. The number of urea groups is 1. The van der Waals surface area contributed by atoms with E-state index in [1.54, 1.807) is 0 Å². The molecule has 1 rings (SSSR count). The molecular formula is C24H44N4O4. The zero-order valence-electron chi connectivity index (χ0n) is 20.3. The second kappa shape index (κ2) is 16.5. The summed E-state index contributed by atoms with van der Waals surface area (Å²) in [6.07, 6.45) is 14.3. The number of hydrogen-bond donors (Lipinski definition) is 3. The Morgan fingerprint density at radius 3 is 2.06 bits per heavy atom. The lowest BCUT2D eigenvalue weighted by Gasteiger charge is -2.29. The molecule has 1 heterocycles. The van der Waals surface area contributed by atoms with Crippen molar-refractivity contribution in [2.24, 2.45) is 5.92 Å². The third-order valence-electron chi connectivity index (χ3n) is 5.84. The van der Waals surface area contributed by atoms with Crippen LogP contribution in [0.3, 0.4) is 0 Å². The summed E-state index contributed by atoms with van der Waals surface area (Å²) in [5, 5.41) is 7.88. The second-order valence-corrected chi connectivity index (χ2v) is 9.27. The Labute approximate surface area is 193 Å². The summed E-state index contributed by atoms with van der Waals surface area (Å²) in [4.78, 5) is 48.1. The van der Waals surface area contributed by atoms with E-state index >= 15 is 0 Å². The molecule has 0 radical (unpaired) electrons. The zero-order chi connectivity index (χ0) is 23.8. The first-order chi connectivity index (χ1) is 15.3. The summed E-state index contributed by atoms with van der Waals surface area (Å²) in [6.45, 7) is 4.89. The molecule has 32 heavy (non-hydrogen) atoms. The van der Waals surface area contributed by atoms with Gasteiger partial charge in [0.05, 0.1) is 0 Å². The summed E-state index contributed by atoms with van der Waals surface area (Å²) >= 11 is 0. The van der Waals surface area contributed by atoms with Gasteiger partial charge in [-0.2, -0.15) is 0 Å². The lowest BCUT2D eigenvalue weighted by Crippen LogP contribution is -2.61. The van der Waals surface area contributed by atoms with Gasteiger partial charge in [0.1, 0.15) is 6.04 Å². The van der Waals surface area contributed by atoms with Gasteiger partial charge in [-0.3, -0.25) is 19.3 Å². The zero-order valence-corrected chi connectivity index (χ0v) is 20.3. The minimum Gasteiger partial charge on any atom is -0.356 e. The summed E-state index contributed by atoms with van der Waals surface area (Å²) in [5.74, 6) is 0.0185. The van der Waals surface area contributed by atoms with Crippen molar-refractivity contribution < 1.29 is 19.2 Å². The van der Waals surface area contributed by atoms with Crippen LogP contribution in [0.2, 0.25) is 0 Å². The van der Waals surface area contributed by atoms with Crippen molar-refractivity contribution >= 4 is 23.8 Å². The van der Waals surface area contributed by atoms with Crippen molar-refractivity contribution in [3.8, 4) is 0 Å². The number of amides is 5. The highest BCUT2D eigenvalue weighted by molar-refractivity contribution is 6.01. The van der Waals surface area contributed by atoms with Crippen LogP contribution in [0.25, 0.3) is 0 Å². The van der Waals surface area contributed by atoms with Gasteiger partial charge in [-0.1, -0.05) is 78.1 Å². The van der Waals surface area contributed by atoms with Crippen LogP contribution in [-0.4, -0.2) is 54.8 Å². The van der Waals surface area contributed by atoms with Crippen molar-refractivity contribution in [2.75, 3.05) is 20.1 Å². The van der Waals surface area contributed by atoms with Gasteiger partial charge in [0.15, 0.2) is 0 Å². The van der Waals surface area contributed by atoms with Crippen LogP contribution in [0.4, 0.5) is 4.79 Å². The van der Waals surface area contributed by atoms with Crippen LogP contribution in [-0.2, 0) is 14.4 Å². The molecule has 3 N–H and O–H groups in total. The van der Waals surface area contributed by atoms with Crippen LogP contribution in [0.5, 0.6) is 0 Å². The van der Waals surface area contributed by atoms with Gasteiger partial charge < -0.3 is 16.0 Å². The van der Waals surface area contributed by atoms with E-state index in [1.807, 2.05) is 0 Å². The number of imide groups is 1. The quantitative estimate of drug-likeness (QED) is 0.294. The first-order valence-corrected chi connectivity index (χ1v) is 12.4. The average molecular weight is 453 g/mol. The SMILES string of the molecule is CC(C)CCCCCCCCCCCCC(=O)NCCC(=O)N[C@@H]1CNC(=O)N(C)C1=O. The molecule has 0 aromatic heterocycles. The Morgan fingerprint density at radius 1 is 0.906 bits per heavy atom. The number of likely N-dealkylation sites (N-methyl/N-ethyl adjacent to an activating group) is 1. The molecule has 0 aromatic carbocycles. The van der Waals surface area contributed by atoms with Crippen molar-refractivity contribution in [1.29, 1.82) is 0 Å². The highest BCUT2D eigenvalue weighted by atomic mass is 16.2. The molecule has 0 spiro atoms. The summed E-state index contributed by atoms with van der Waals surface area (Å²) < 4.78 is 0. The lowest BCUT2D eigenvalue weighted by atomic mass is 10.0. The van der Waals surface area contributed by atoms with Crippen molar-refractivity contribution in [1.82, 2.24) is 20.9 Å². The number of carbonyl (C=O) groups is 4. The van der Waals surface area contributed by atoms with Crippen LogP contribution in [0, 0.1) is 5.92 Å². The molecule has 8 heteroatoms. The van der Waals surface area contributed by atoms with Gasteiger partial charge in [-0.15, -0.1) is 0 Å². The van der Waals surface area contributed by atoms with Crippen molar-refractivity contribution in [3.05, 3.63) is 0 Å². The fourth-order valence-electron chi connectivity index (χ4n) is 3.76. The van der Waals surface area contributed by atoms with Crippen LogP contribution in [0.15, 0.2) is 0 Å². The van der Waals surface area contributed by atoms with Crippen molar-refractivity contribution in [2.45, 2.75) is 103 Å². The number of nitrogens with one attached hydrogen (secondary N) is 3. The first-order valence-electron chi connectivity index (χ1n) is 12.4. The minimum absolute atomic E-state index is 0.0417. The molecule has 8 nitrogen and oxygen atoms in total. The Bertz CT molecular complexity index is 595. The third-order valence-corrected chi connectivity index (χ3v) is 5.84. The number of carbonyl (C=O) groups excluding carboxylic acids is 4. The molecular weight excluding hydrogens is 408 g/mol. The smallest absolute Gasteiger partial charge is 0.323 e. The number of unbranched alkanes of at least 4 members (excludes halogenated alkanes) is 9. The number of hydrogen-bond acceptors (Lipinski definition) is 4. The Kier molecular flexibility index (Phi) is 14.4. The topological polar surface area (TPSA) is 108 Å². The maximum absolute atomic E-state index is 12.0. The van der Waals surface area contributed by atoms with Gasteiger partial charge in [0.25, 0.3) is 5.91 Å². The van der Waals surface area contributed by atoms with E-state index in [0.717, 1.165) is 23.7 Å². The van der Waals surface area contributed by atoms with E-state index in [9.17, 15) is 19.2 Å². The van der Waals surface area contributed by atoms with E-state index in [1.165, 1.54) is 64.8 Å². The lowest BCUT2D eigenvalue weighted by molar-refractivity contribution is -0.134. The Hall–Kier alpha value is -2.12. The molecule has 184 valence electrons. The van der Waals surface area contributed by atoms with Crippen LogP contribution < -0.4 is 16.0 Å². The molecule has 1 atom stereocenters. The summed E-state index contributed by atoms with van der Waals surface area (Å²) in [5.41, 5.74) is 0. The fraction of sp³-hybridized carbons (Fsp3) is 0.833. The maximum Gasteiger partial charge on any atom is 0.323 e. The summed E-state index contributed by atoms with van der Waals surface area (Å²) in [6, 6.07) is -1.23. The normalized spacial score (nSPS) is 16.2. The minimum atomic E-state index is -0.759. The van der Waals surface area contributed by atoms with Crippen molar-refractivity contribution in [3.63, 3.8) is 0 Å². The van der Waals surface area contributed by atoms with E-state index in [2.05, 4.69) is 29.8 Å². The van der Waals surface area contributed by atoms with Gasteiger partial charge in [0, 0.05) is 33.0 Å². The second-order valence-electron chi connectivity index (χ2n) is 9.27. The van der Waals surface area contributed by atoms with E-state index < -0.39 is 18.0 Å². The molecule has 0 aliphatic carbocycles.